The zero-order valence-corrected chi connectivity index (χ0v) is 14.7. The van der Waals surface area contributed by atoms with Crippen LogP contribution in [0.3, 0.4) is 0 Å². The van der Waals surface area contributed by atoms with Gasteiger partial charge in [-0.15, -0.1) is 0 Å². The lowest BCUT2D eigenvalue weighted by Crippen LogP contribution is -2.34. The predicted molar refractivity (Wildman–Crippen MR) is 87.9 cm³/mol. The van der Waals surface area contributed by atoms with Gasteiger partial charge in [-0.3, -0.25) is 4.68 Å². The molecule has 1 fully saturated rings. The van der Waals surface area contributed by atoms with Gasteiger partial charge in [0, 0.05) is 19.1 Å². The maximum absolute atomic E-state index is 4.67. The van der Waals surface area contributed by atoms with Gasteiger partial charge in [0.2, 0.25) is 0 Å². The van der Waals surface area contributed by atoms with Crippen LogP contribution in [0.25, 0.3) is 0 Å². The average molecular weight is 342 g/mol. The molecule has 1 aromatic rings. The highest BCUT2D eigenvalue weighted by Crippen LogP contribution is 2.27. The molecule has 1 aromatic heterocycles. The van der Waals surface area contributed by atoms with Crippen molar-refractivity contribution in [2.24, 2.45) is 5.92 Å². The Morgan fingerprint density at radius 2 is 2.00 bits per heavy atom. The molecule has 2 rings (SSSR count). The third-order valence-corrected chi connectivity index (χ3v) is 5.56. The highest BCUT2D eigenvalue weighted by atomic mass is 79.9. The summed E-state index contributed by atoms with van der Waals surface area (Å²) in [6, 6.07) is 0.604. The number of rotatable bonds is 6. The second kappa shape index (κ2) is 7.60. The summed E-state index contributed by atoms with van der Waals surface area (Å²) in [4.78, 5) is 0. The van der Waals surface area contributed by atoms with E-state index in [9.17, 15) is 0 Å². The first-order chi connectivity index (χ1) is 9.67. The van der Waals surface area contributed by atoms with Crippen LogP contribution in [0.4, 0.5) is 0 Å². The second-order valence-electron chi connectivity index (χ2n) is 5.94. The van der Waals surface area contributed by atoms with Crippen LogP contribution in [0.1, 0.15) is 64.3 Å². The van der Waals surface area contributed by atoms with Gasteiger partial charge in [0.25, 0.3) is 0 Å². The maximum atomic E-state index is 4.67. The van der Waals surface area contributed by atoms with Crippen molar-refractivity contribution in [3.8, 4) is 0 Å². The van der Waals surface area contributed by atoms with E-state index in [1.807, 2.05) is 0 Å². The number of nitrogens with one attached hydrogen (secondary N) is 1. The van der Waals surface area contributed by atoms with E-state index < -0.39 is 0 Å². The Hall–Kier alpha value is -0.350. The fourth-order valence-corrected chi connectivity index (χ4v) is 3.95. The molecule has 0 bridgehead atoms. The summed E-state index contributed by atoms with van der Waals surface area (Å²) in [5, 5.41) is 8.40. The summed E-state index contributed by atoms with van der Waals surface area (Å²) < 4.78 is 3.33. The van der Waals surface area contributed by atoms with Crippen molar-refractivity contribution in [2.75, 3.05) is 0 Å². The highest BCUT2D eigenvalue weighted by molar-refractivity contribution is 9.10. The molecule has 0 aliphatic heterocycles. The van der Waals surface area contributed by atoms with E-state index >= 15 is 0 Å². The number of hydrogen-bond acceptors (Lipinski definition) is 2. The standard InChI is InChI=1S/C16H28BrN3/c1-4-14-16(17)15(20(5-2)19-14)11-18-12(3)13-9-7-6-8-10-13/h12-13,18H,4-11H2,1-3H3. The van der Waals surface area contributed by atoms with Crippen molar-refractivity contribution in [3.05, 3.63) is 15.9 Å². The summed E-state index contributed by atoms with van der Waals surface area (Å²) in [5.74, 6) is 0.853. The SMILES string of the molecule is CCc1nn(CC)c(CNC(C)C2CCCCC2)c1Br. The first-order valence-corrected chi connectivity index (χ1v) is 8.94. The molecule has 20 heavy (non-hydrogen) atoms. The molecule has 1 N–H and O–H groups in total. The molecule has 1 aliphatic rings. The Labute approximate surface area is 131 Å². The van der Waals surface area contributed by atoms with Crippen LogP contribution in [0, 0.1) is 5.92 Å². The molecule has 3 nitrogen and oxygen atoms in total. The van der Waals surface area contributed by atoms with E-state index in [1.54, 1.807) is 0 Å². The lowest BCUT2D eigenvalue weighted by Gasteiger charge is -2.28. The summed E-state index contributed by atoms with van der Waals surface area (Å²) in [5.41, 5.74) is 2.47. The Balaban J connectivity index is 1.97. The van der Waals surface area contributed by atoms with Crippen LogP contribution in [0.15, 0.2) is 4.47 Å². The molecule has 0 saturated heterocycles. The van der Waals surface area contributed by atoms with Gasteiger partial charge in [-0.05, 0) is 55.0 Å². The Morgan fingerprint density at radius 3 is 2.60 bits per heavy atom. The van der Waals surface area contributed by atoms with Crippen LogP contribution in [-0.2, 0) is 19.5 Å². The molecule has 4 heteroatoms. The van der Waals surface area contributed by atoms with E-state index in [1.165, 1.54) is 48.0 Å². The van der Waals surface area contributed by atoms with Gasteiger partial charge in [-0.2, -0.15) is 5.10 Å². The van der Waals surface area contributed by atoms with Gasteiger partial charge in [0.15, 0.2) is 0 Å². The summed E-state index contributed by atoms with van der Waals surface area (Å²) in [6.45, 7) is 8.52. The topological polar surface area (TPSA) is 29.9 Å². The van der Waals surface area contributed by atoms with Crippen molar-refractivity contribution in [1.29, 1.82) is 0 Å². The van der Waals surface area contributed by atoms with Crippen molar-refractivity contribution in [3.63, 3.8) is 0 Å². The maximum Gasteiger partial charge on any atom is 0.0767 e. The van der Waals surface area contributed by atoms with Gasteiger partial charge < -0.3 is 5.32 Å². The minimum absolute atomic E-state index is 0.604. The van der Waals surface area contributed by atoms with Crippen LogP contribution < -0.4 is 5.32 Å². The van der Waals surface area contributed by atoms with Crippen LogP contribution in [-0.4, -0.2) is 15.8 Å². The summed E-state index contributed by atoms with van der Waals surface area (Å²) >= 11 is 3.73. The first kappa shape index (κ1) is 16.0. The molecule has 1 unspecified atom stereocenters. The van der Waals surface area contributed by atoms with E-state index in [0.29, 0.717) is 6.04 Å². The largest absolute Gasteiger partial charge is 0.308 e. The van der Waals surface area contributed by atoms with Crippen molar-refractivity contribution < 1.29 is 0 Å². The normalized spacial score (nSPS) is 18.4. The molecule has 0 radical (unpaired) electrons. The minimum Gasteiger partial charge on any atom is -0.308 e. The van der Waals surface area contributed by atoms with Crippen molar-refractivity contribution in [2.45, 2.75) is 78.4 Å². The van der Waals surface area contributed by atoms with Gasteiger partial charge in [0.1, 0.15) is 0 Å². The van der Waals surface area contributed by atoms with Crippen molar-refractivity contribution in [1.82, 2.24) is 15.1 Å². The highest BCUT2D eigenvalue weighted by Gasteiger charge is 2.21. The van der Waals surface area contributed by atoms with Gasteiger partial charge >= 0.3 is 0 Å². The smallest absolute Gasteiger partial charge is 0.0767 e. The number of hydrogen-bond donors (Lipinski definition) is 1. The molecule has 1 atom stereocenters. The zero-order valence-electron chi connectivity index (χ0n) is 13.1. The molecule has 1 heterocycles. The Morgan fingerprint density at radius 1 is 1.30 bits per heavy atom. The Kier molecular flexibility index (Phi) is 6.09. The van der Waals surface area contributed by atoms with E-state index in [2.05, 4.69) is 51.8 Å². The Bertz CT molecular complexity index is 422. The average Bonchev–Trinajstić information content (AvgIpc) is 2.81. The second-order valence-corrected chi connectivity index (χ2v) is 6.74. The van der Waals surface area contributed by atoms with Gasteiger partial charge in [-0.25, -0.2) is 0 Å². The van der Waals surface area contributed by atoms with E-state index in [0.717, 1.165) is 25.4 Å². The molecule has 114 valence electrons. The number of nitrogens with zero attached hydrogens (tertiary/aromatic N) is 2. The minimum atomic E-state index is 0.604. The third-order valence-electron chi connectivity index (χ3n) is 4.64. The number of aryl methyl sites for hydroxylation is 2. The predicted octanol–water partition coefficient (Wildman–Crippen LogP) is 4.29. The van der Waals surface area contributed by atoms with Crippen LogP contribution in [0.2, 0.25) is 0 Å². The molecular weight excluding hydrogens is 314 g/mol. The molecule has 0 spiro atoms. The van der Waals surface area contributed by atoms with E-state index in [4.69, 9.17) is 0 Å². The fraction of sp³-hybridized carbons (Fsp3) is 0.812. The summed E-state index contributed by atoms with van der Waals surface area (Å²) in [7, 11) is 0. The molecular formula is C16H28BrN3. The molecule has 0 amide bonds. The van der Waals surface area contributed by atoms with E-state index in [-0.39, 0.29) is 0 Å². The lowest BCUT2D eigenvalue weighted by molar-refractivity contribution is 0.279. The van der Waals surface area contributed by atoms with Gasteiger partial charge in [-0.1, -0.05) is 26.2 Å². The van der Waals surface area contributed by atoms with Gasteiger partial charge in [0.05, 0.1) is 15.9 Å². The van der Waals surface area contributed by atoms with Crippen LogP contribution in [0.5, 0.6) is 0 Å². The molecule has 1 saturated carbocycles. The monoisotopic (exact) mass is 341 g/mol. The third kappa shape index (κ3) is 3.64. The molecule has 1 aliphatic carbocycles. The molecule has 0 aromatic carbocycles. The number of aromatic nitrogens is 2. The zero-order chi connectivity index (χ0) is 14.5. The lowest BCUT2D eigenvalue weighted by atomic mass is 9.84. The van der Waals surface area contributed by atoms with Crippen molar-refractivity contribution >= 4 is 15.9 Å². The quantitative estimate of drug-likeness (QED) is 0.836. The first-order valence-electron chi connectivity index (χ1n) is 8.14. The van der Waals surface area contributed by atoms with Crippen LogP contribution >= 0.6 is 15.9 Å². The fourth-order valence-electron chi connectivity index (χ4n) is 3.24. The summed E-state index contributed by atoms with van der Waals surface area (Å²) in [6.07, 6.45) is 8.02. The number of halogens is 1.